The average molecular weight is 532 g/mol. The van der Waals surface area contributed by atoms with Crippen molar-refractivity contribution >= 4 is 43.1 Å². The summed E-state index contributed by atoms with van der Waals surface area (Å²) in [7, 11) is 0. The fourth-order valence-electron chi connectivity index (χ4n) is 4.78. The lowest BCUT2D eigenvalue weighted by molar-refractivity contribution is 1.62. The Morgan fingerprint density at radius 1 is 0.325 bits per heavy atom. The van der Waals surface area contributed by atoms with Crippen molar-refractivity contribution in [3.63, 3.8) is 0 Å². The Bertz CT molecular complexity index is 3510. The predicted octanol–water partition coefficient (Wildman–Crippen LogP) is 11.3. The van der Waals surface area contributed by atoms with Crippen LogP contribution in [-0.4, -0.2) is 0 Å². The van der Waals surface area contributed by atoms with Gasteiger partial charge in [0.1, 0.15) is 0 Å². The number of rotatable bonds is 3. The molecule has 0 heteroatoms. The molecule has 0 aromatic heterocycles. The molecule has 8 aromatic rings. The van der Waals surface area contributed by atoms with Gasteiger partial charge in [-0.3, -0.25) is 0 Å². The summed E-state index contributed by atoms with van der Waals surface area (Å²) in [6, 6.07) is -21.3. The van der Waals surface area contributed by atoms with E-state index in [0.29, 0.717) is 0 Å². The quantitative estimate of drug-likeness (QED) is 0.199. The van der Waals surface area contributed by atoms with Crippen molar-refractivity contribution in [1.29, 1.82) is 0 Å². The first-order chi connectivity index (χ1) is 30.3. The Morgan fingerprint density at radius 3 is 1.52 bits per heavy atom. The van der Waals surface area contributed by atoms with E-state index in [4.69, 9.17) is 24.7 Å². The lowest BCUT2D eigenvalue weighted by atomic mass is 9.83. The number of hydrogen-bond donors (Lipinski definition) is 0. The average Bonchev–Trinajstić information content (AvgIpc) is 3.27. The first-order valence-corrected chi connectivity index (χ1v) is 11.8. The minimum absolute atomic E-state index is 0.530. The van der Waals surface area contributed by atoms with Crippen LogP contribution in [0.1, 0.15) is 34.3 Å². The van der Waals surface area contributed by atoms with Crippen molar-refractivity contribution < 1.29 is 34.3 Å². The molecule has 0 heterocycles. The van der Waals surface area contributed by atoms with Gasteiger partial charge in [0, 0.05) is 0 Å². The molecule has 0 unspecified atom stereocenters. The zero-order valence-electron chi connectivity index (χ0n) is 45.1. The van der Waals surface area contributed by atoms with E-state index in [1.54, 1.807) is 0 Å². The maximum absolute atomic E-state index is 9.41. The molecule has 0 saturated heterocycles. The van der Waals surface area contributed by atoms with E-state index in [0.717, 1.165) is 6.07 Å². The molecule has 8 rings (SSSR count). The molecule has 8 aromatic carbocycles. The molecule has 0 aliphatic rings. The monoisotopic (exact) mass is 531 g/mol. The van der Waals surface area contributed by atoms with Crippen LogP contribution in [0.25, 0.3) is 76.5 Å². The highest BCUT2D eigenvalue weighted by atomic mass is 14.2. The maximum Gasteiger partial charge on any atom is 0.0636 e. The lowest BCUT2D eigenvalue weighted by Crippen LogP contribution is -1.93. The van der Waals surface area contributed by atoms with Crippen LogP contribution < -0.4 is 0 Å². The highest BCUT2D eigenvalue weighted by Crippen LogP contribution is 2.47. The third kappa shape index (κ3) is 3.54. The van der Waals surface area contributed by atoms with Gasteiger partial charge in [0.15, 0.2) is 0 Å². The van der Waals surface area contributed by atoms with Crippen molar-refractivity contribution in [3.8, 4) is 33.4 Å². The van der Waals surface area contributed by atoms with Gasteiger partial charge in [-0.05, 0) is 82.5 Å². The Balaban J connectivity index is 1.78. The highest BCUT2D eigenvalue weighted by Gasteiger charge is 2.19. The van der Waals surface area contributed by atoms with Gasteiger partial charge in [0.05, 0.1) is 34.3 Å². The molecule has 0 saturated carbocycles. The van der Waals surface area contributed by atoms with Crippen LogP contribution in [0.2, 0.25) is 0 Å². The second-order valence-electron chi connectivity index (χ2n) is 8.58. The van der Waals surface area contributed by atoms with E-state index in [9.17, 15) is 9.60 Å². The lowest BCUT2D eigenvalue weighted by Gasteiger charge is -2.20. The molecule has 186 valence electrons. The summed E-state index contributed by atoms with van der Waals surface area (Å²) in [6.45, 7) is 0. The summed E-state index contributed by atoms with van der Waals surface area (Å²) in [5, 5.41) is -5.10. The molecule has 0 spiro atoms. The molecule has 0 radical (unpaired) electrons. The molecule has 40 heavy (non-hydrogen) atoms. The Labute approximate surface area is 268 Å². The summed E-state index contributed by atoms with van der Waals surface area (Å²) in [5.41, 5.74) is -3.96. The van der Waals surface area contributed by atoms with Crippen molar-refractivity contribution in [2.45, 2.75) is 0 Å². The fraction of sp³-hybridized carbons (Fsp3) is 0. The summed E-state index contributed by atoms with van der Waals surface area (Å²) >= 11 is 0. The van der Waals surface area contributed by atoms with Crippen molar-refractivity contribution in [3.05, 3.63) is 157 Å². The SMILES string of the molecule is [2H]c1cc(-c2c([2H])c([2H])c3c([2H])c([2H])c([2H])c([2H])c3c2[2H])c(-c2c3c([2H])c([2H])c([2H])c([2H])c3c(-c3c([2H])c([2H])c([2H])c4c([2H])c([2H])c([2H])c([2H])c34)c3c([2H])c([2H])c([2H])c([2H])c23)c([2H])c1[2H]. The first-order valence-electron chi connectivity index (χ1n) is 24.3. The maximum atomic E-state index is 9.41. The van der Waals surface area contributed by atoms with E-state index in [-0.39, 0.29) is 0 Å². The number of hydrogen-bond acceptors (Lipinski definition) is 0. The molecule has 0 nitrogen and oxygen atoms in total. The van der Waals surface area contributed by atoms with Gasteiger partial charge in [-0.1, -0.05) is 151 Å². The smallest absolute Gasteiger partial charge is 0.0616 e. The Morgan fingerprint density at radius 2 is 0.825 bits per heavy atom. The summed E-state index contributed by atoms with van der Waals surface area (Å²) in [5.74, 6) is 0. The van der Waals surface area contributed by atoms with E-state index in [1.807, 2.05) is 0 Å². The number of fused-ring (bicyclic) bond motifs is 4. The normalized spacial score (nSPS) is 20.2. The zero-order chi connectivity index (χ0) is 48.2. The fourth-order valence-corrected chi connectivity index (χ4v) is 4.78. The standard InChI is InChI=1S/C40H26/c1-2-14-29-26-30(25-24-27(29)12-1)32-17-5-6-18-33(32)39-35-19-7-9-21-37(35)40(38-22-10-8-20-36(38)39)34-23-11-15-28-13-3-4-16-31(28)34/h1-26H/i1D,2D,3D,4D,5D,6D,7D,8D,9D,10D,11D,12D,13D,14D,15D,16D,18D,19D,20D,21D,22D,23D,24D,25D,26D. The molecule has 0 bridgehead atoms. The van der Waals surface area contributed by atoms with Crippen LogP contribution in [0, 0.1) is 0 Å². The summed E-state index contributed by atoms with van der Waals surface area (Å²) in [4.78, 5) is 0. The van der Waals surface area contributed by atoms with Crippen LogP contribution in [-0.2, 0) is 0 Å². The van der Waals surface area contributed by atoms with Gasteiger partial charge < -0.3 is 0 Å². The van der Waals surface area contributed by atoms with Gasteiger partial charge in [-0.15, -0.1) is 0 Å². The van der Waals surface area contributed by atoms with Gasteiger partial charge in [0.2, 0.25) is 0 Å². The second-order valence-corrected chi connectivity index (χ2v) is 8.58. The zero-order valence-corrected chi connectivity index (χ0v) is 20.1. The van der Waals surface area contributed by atoms with Crippen molar-refractivity contribution in [1.82, 2.24) is 0 Å². The molecule has 0 atom stereocenters. The Kier molecular flexibility index (Phi) is 2.05. The van der Waals surface area contributed by atoms with Crippen LogP contribution in [0.15, 0.2) is 157 Å². The van der Waals surface area contributed by atoms with Crippen LogP contribution in [0.3, 0.4) is 0 Å². The van der Waals surface area contributed by atoms with Crippen molar-refractivity contribution in [2.75, 3.05) is 0 Å². The largest absolute Gasteiger partial charge is 0.0636 e. The molecule has 0 fully saturated rings. The van der Waals surface area contributed by atoms with Gasteiger partial charge in [-0.2, -0.15) is 0 Å². The van der Waals surface area contributed by atoms with Crippen LogP contribution >= 0.6 is 0 Å². The van der Waals surface area contributed by atoms with E-state index >= 15 is 0 Å². The molecule has 0 amide bonds. The Hall–Kier alpha value is -5.20. The molecular formula is C40H26. The van der Waals surface area contributed by atoms with Gasteiger partial charge in [0.25, 0.3) is 0 Å². The van der Waals surface area contributed by atoms with E-state index in [2.05, 4.69) is 0 Å². The third-order valence-corrected chi connectivity index (χ3v) is 6.45. The minimum atomic E-state index is -0.968. The van der Waals surface area contributed by atoms with E-state index < -0.39 is 228 Å². The molecular weight excluding hydrogens is 480 g/mol. The third-order valence-electron chi connectivity index (χ3n) is 6.45. The summed E-state index contributed by atoms with van der Waals surface area (Å²) in [6.07, 6.45) is 0. The van der Waals surface area contributed by atoms with E-state index in [1.165, 1.54) is 0 Å². The predicted molar refractivity (Wildman–Crippen MR) is 173 cm³/mol. The van der Waals surface area contributed by atoms with Crippen molar-refractivity contribution in [2.24, 2.45) is 0 Å². The van der Waals surface area contributed by atoms with Gasteiger partial charge >= 0.3 is 0 Å². The second kappa shape index (κ2) is 9.22. The van der Waals surface area contributed by atoms with Gasteiger partial charge in [-0.25, -0.2) is 0 Å². The first kappa shape index (κ1) is 8.91. The minimum Gasteiger partial charge on any atom is -0.0616 e. The highest BCUT2D eigenvalue weighted by molar-refractivity contribution is 6.24. The van der Waals surface area contributed by atoms with Crippen LogP contribution in [0.5, 0.6) is 0 Å². The molecule has 0 aliphatic heterocycles. The topological polar surface area (TPSA) is 0 Å². The number of benzene rings is 8. The molecule has 0 aliphatic carbocycles. The van der Waals surface area contributed by atoms with Crippen LogP contribution in [0.4, 0.5) is 0 Å². The molecule has 0 N–H and O–H groups in total. The summed E-state index contributed by atoms with van der Waals surface area (Å²) < 4.78 is 222.